The van der Waals surface area contributed by atoms with Gasteiger partial charge in [-0.25, -0.2) is 18.9 Å². The van der Waals surface area contributed by atoms with Gasteiger partial charge in [-0.2, -0.15) is 15.5 Å². The maximum Gasteiger partial charge on any atom is 0.249 e. The van der Waals surface area contributed by atoms with Gasteiger partial charge in [-0.15, -0.1) is 0 Å². The number of hydrogen-bond donors (Lipinski definition) is 2. The van der Waals surface area contributed by atoms with Crippen LogP contribution in [0.25, 0.3) is 28.0 Å². The van der Waals surface area contributed by atoms with Crippen LogP contribution in [0.3, 0.4) is 0 Å². The first-order valence-corrected chi connectivity index (χ1v) is 19.4. The molecular formula is C40H43FN12O3. The van der Waals surface area contributed by atoms with Crippen molar-refractivity contribution < 1.29 is 18.7 Å². The Balaban J connectivity index is 0.821. The van der Waals surface area contributed by atoms with Crippen LogP contribution >= 0.6 is 0 Å². The lowest BCUT2D eigenvalue weighted by Gasteiger charge is -2.42. The summed E-state index contributed by atoms with van der Waals surface area (Å²) >= 11 is 0. The van der Waals surface area contributed by atoms with Crippen LogP contribution in [0.4, 0.5) is 21.6 Å². The molecule has 9 rings (SSSR count). The molecular weight excluding hydrogens is 716 g/mol. The van der Waals surface area contributed by atoms with Gasteiger partial charge in [0.05, 0.1) is 54.9 Å². The minimum Gasteiger partial charge on any atom is -0.378 e. The van der Waals surface area contributed by atoms with Crippen LogP contribution < -0.4 is 20.4 Å². The molecule has 3 aliphatic heterocycles. The van der Waals surface area contributed by atoms with Crippen molar-refractivity contribution in [3.8, 4) is 28.6 Å². The maximum absolute atomic E-state index is 15.3. The van der Waals surface area contributed by atoms with Gasteiger partial charge in [-0.3, -0.25) is 24.5 Å². The second kappa shape index (κ2) is 15.3. The number of halogens is 1. The molecule has 15 nitrogen and oxygen atoms in total. The monoisotopic (exact) mass is 758 g/mol. The Labute approximate surface area is 323 Å². The minimum absolute atomic E-state index is 0.264. The Kier molecular flexibility index (Phi) is 9.78. The molecule has 16 heteroatoms. The molecule has 5 aromatic rings. The normalized spacial score (nSPS) is 22.2. The van der Waals surface area contributed by atoms with E-state index in [1.54, 1.807) is 22.8 Å². The van der Waals surface area contributed by atoms with Crippen LogP contribution in [-0.4, -0.2) is 111 Å². The van der Waals surface area contributed by atoms with Crippen LogP contribution in [0.15, 0.2) is 61.3 Å². The van der Waals surface area contributed by atoms with E-state index in [2.05, 4.69) is 47.4 Å². The molecule has 1 aromatic carbocycles. The summed E-state index contributed by atoms with van der Waals surface area (Å²) in [6.07, 6.45) is 13.9. The van der Waals surface area contributed by atoms with Crippen molar-refractivity contribution in [3.63, 3.8) is 0 Å². The van der Waals surface area contributed by atoms with Gasteiger partial charge in [-0.05, 0) is 62.4 Å². The zero-order chi connectivity index (χ0) is 38.2. The third-order valence-corrected chi connectivity index (χ3v) is 11.6. The van der Waals surface area contributed by atoms with Crippen molar-refractivity contribution >= 4 is 34.5 Å². The summed E-state index contributed by atoms with van der Waals surface area (Å²) in [6.45, 7) is 6.14. The SMILES string of the molecule is N#Cc1cnn2cc(-c3cnn([C@H]4CC[C@@H](N5CCN(c6ccc(NC7CCC(=O)NC7=O)cc6F)CC5)CC4)c3)nc(-c3ccc(N4CCOCC4)nc3)c12. The average Bonchev–Trinajstić information content (AvgIpc) is 3.91. The van der Waals surface area contributed by atoms with Gasteiger partial charge in [0.2, 0.25) is 11.8 Å². The van der Waals surface area contributed by atoms with Crippen molar-refractivity contribution in [2.75, 3.05) is 67.6 Å². The molecule has 3 saturated heterocycles. The van der Waals surface area contributed by atoms with Crippen LogP contribution in [-0.2, 0) is 14.3 Å². The molecule has 0 spiro atoms. The van der Waals surface area contributed by atoms with E-state index in [9.17, 15) is 14.9 Å². The highest BCUT2D eigenvalue weighted by molar-refractivity contribution is 6.01. The highest BCUT2D eigenvalue weighted by Gasteiger charge is 2.31. The fourth-order valence-corrected chi connectivity index (χ4v) is 8.51. The lowest BCUT2D eigenvalue weighted by Crippen LogP contribution is -2.51. The maximum atomic E-state index is 15.3. The zero-order valence-corrected chi connectivity index (χ0v) is 31.0. The highest BCUT2D eigenvalue weighted by atomic mass is 19.1. The molecule has 4 aromatic heterocycles. The molecule has 4 fully saturated rings. The largest absolute Gasteiger partial charge is 0.378 e. The van der Waals surface area contributed by atoms with Gasteiger partial charge in [0, 0.05) is 80.9 Å². The zero-order valence-electron chi connectivity index (χ0n) is 31.0. The van der Waals surface area contributed by atoms with E-state index >= 15 is 4.39 Å². The lowest BCUT2D eigenvalue weighted by atomic mass is 9.90. The summed E-state index contributed by atoms with van der Waals surface area (Å²) in [5.74, 6) is -0.0954. The number of aromatic nitrogens is 6. The molecule has 4 aliphatic rings. The van der Waals surface area contributed by atoms with Gasteiger partial charge in [0.15, 0.2) is 0 Å². The van der Waals surface area contributed by atoms with Crippen LogP contribution in [0, 0.1) is 17.1 Å². The van der Waals surface area contributed by atoms with E-state index in [0.29, 0.717) is 59.5 Å². The van der Waals surface area contributed by atoms with Gasteiger partial charge in [0.25, 0.3) is 0 Å². The summed E-state index contributed by atoms with van der Waals surface area (Å²) in [5, 5.41) is 24.5. The lowest BCUT2D eigenvalue weighted by molar-refractivity contribution is -0.133. The third-order valence-electron chi connectivity index (χ3n) is 11.6. The molecule has 1 saturated carbocycles. The van der Waals surface area contributed by atoms with E-state index in [0.717, 1.165) is 81.9 Å². The van der Waals surface area contributed by atoms with Gasteiger partial charge < -0.3 is 19.9 Å². The Bertz CT molecular complexity index is 2280. The molecule has 2 N–H and O–H groups in total. The molecule has 288 valence electrons. The number of morpholine rings is 1. The number of pyridine rings is 1. The number of nitrogens with one attached hydrogen (secondary N) is 2. The smallest absolute Gasteiger partial charge is 0.249 e. The molecule has 56 heavy (non-hydrogen) atoms. The van der Waals surface area contributed by atoms with E-state index in [4.69, 9.17) is 19.8 Å². The molecule has 0 radical (unpaired) electrons. The molecule has 1 unspecified atom stereocenters. The Morgan fingerprint density at radius 1 is 0.857 bits per heavy atom. The molecule has 1 atom stereocenters. The number of hydrogen-bond acceptors (Lipinski definition) is 12. The molecule has 2 amide bonds. The van der Waals surface area contributed by atoms with Crippen molar-refractivity contribution in [3.05, 3.63) is 72.7 Å². The Morgan fingerprint density at radius 2 is 1.66 bits per heavy atom. The number of piperidine rings is 1. The van der Waals surface area contributed by atoms with Crippen LogP contribution in [0.5, 0.6) is 0 Å². The number of anilines is 3. The Morgan fingerprint density at radius 3 is 2.39 bits per heavy atom. The number of imide groups is 1. The minimum atomic E-state index is -0.553. The fourth-order valence-electron chi connectivity index (χ4n) is 8.51. The van der Waals surface area contributed by atoms with Crippen LogP contribution in [0.1, 0.15) is 50.1 Å². The average molecular weight is 759 g/mol. The quantitative estimate of drug-likeness (QED) is 0.219. The van der Waals surface area contributed by atoms with E-state index in [1.807, 2.05) is 30.7 Å². The van der Waals surface area contributed by atoms with E-state index in [1.165, 1.54) is 6.07 Å². The summed E-state index contributed by atoms with van der Waals surface area (Å²) in [4.78, 5) is 40.2. The summed E-state index contributed by atoms with van der Waals surface area (Å²) < 4.78 is 24.6. The highest BCUT2D eigenvalue weighted by Crippen LogP contribution is 2.34. The number of piperazine rings is 1. The van der Waals surface area contributed by atoms with Crippen molar-refractivity contribution in [2.24, 2.45) is 0 Å². The number of carbonyl (C=O) groups excluding carboxylic acids is 2. The first-order chi connectivity index (χ1) is 27.4. The first-order valence-electron chi connectivity index (χ1n) is 19.4. The summed E-state index contributed by atoms with van der Waals surface area (Å²) in [7, 11) is 0. The summed E-state index contributed by atoms with van der Waals surface area (Å²) in [6, 6.07) is 11.5. The predicted octanol–water partition coefficient (Wildman–Crippen LogP) is 4.03. The molecule has 1 aliphatic carbocycles. The van der Waals surface area contributed by atoms with Gasteiger partial charge in [0.1, 0.15) is 34.8 Å². The van der Waals surface area contributed by atoms with Crippen molar-refractivity contribution in [1.29, 1.82) is 5.26 Å². The fraction of sp³-hybridized carbons (Fsp3) is 0.425. The van der Waals surface area contributed by atoms with E-state index < -0.39 is 6.04 Å². The number of benzene rings is 1. The predicted molar refractivity (Wildman–Crippen MR) is 206 cm³/mol. The number of nitriles is 1. The van der Waals surface area contributed by atoms with E-state index in [-0.39, 0.29) is 30.1 Å². The number of fused-ring (bicyclic) bond motifs is 1. The first kappa shape index (κ1) is 35.8. The number of amides is 2. The van der Waals surface area contributed by atoms with Crippen molar-refractivity contribution in [2.45, 2.75) is 56.7 Å². The second-order valence-electron chi connectivity index (χ2n) is 15.0. The number of rotatable bonds is 8. The number of ether oxygens (including phenoxy) is 1. The van der Waals surface area contributed by atoms with Crippen LogP contribution in [0.2, 0.25) is 0 Å². The van der Waals surface area contributed by atoms with Crippen molar-refractivity contribution in [1.82, 2.24) is 39.6 Å². The second-order valence-corrected chi connectivity index (χ2v) is 15.0. The number of nitrogens with zero attached hydrogens (tertiary/aromatic N) is 10. The van der Waals surface area contributed by atoms with Gasteiger partial charge in [-0.1, -0.05) is 0 Å². The molecule has 0 bridgehead atoms. The topological polar surface area (TPSA) is 162 Å². The molecule has 7 heterocycles. The van der Waals surface area contributed by atoms with Gasteiger partial charge >= 0.3 is 0 Å². The third kappa shape index (κ3) is 7.15. The number of carbonyl (C=O) groups is 2. The summed E-state index contributed by atoms with van der Waals surface area (Å²) in [5.41, 5.74) is 5.23. The Hall–Kier alpha value is -5.92. The standard InChI is InChI=1S/C40H43FN12O3/c41-32-19-29(46-33-7-10-37(54)48-40(33)55)2-8-35(32)50-13-11-49(12-14-50)30-3-5-31(6-4-30)52-24-28(23-44-52)34-25-53-39(27(20-42)22-45-53)38(47-34)26-1-9-36(43-21-26)51-15-17-56-18-16-51/h1-2,8-9,19,21-25,30-31,33,46H,3-7,10-18H2,(H,48,54,55)/t30-,31+,33?.